The molecule has 2 fully saturated rings. The predicted molar refractivity (Wildman–Crippen MR) is 118 cm³/mol. The highest BCUT2D eigenvalue weighted by atomic mass is 32.2. The molecule has 2 saturated carbocycles. The lowest BCUT2D eigenvalue weighted by Crippen LogP contribution is -2.39. The average Bonchev–Trinajstić information content (AvgIpc) is 3.35. The van der Waals surface area contributed by atoms with E-state index in [1.807, 2.05) is 18.2 Å². The van der Waals surface area contributed by atoms with Crippen LogP contribution in [0.3, 0.4) is 0 Å². The quantitative estimate of drug-likeness (QED) is 0.580. The zero-order valence-electron chi connectivity index (χ0n) is 17.1. The van der Waals surface area contributed by atoms with Crippen LogP contribution >= 0.6 is 11.8 Å². The molecule has 0 spiro atoms. The number of carboxylic acids is 1. The number of allylic oxidation sites excluding steroid dienone is 2. The van der Waals surface area contributed by atoms with E-state index in [9.17, 15) is 9.90 Å². The van der Waals surface area contributed by atoms with Crippen molar-refractivity contribution in [2.75, 3.05) is 19.4 Å². The third-order valence-electron chi connectivity index (χ3n) is 6.72. The molecule has 0 saturated heterocycles. The summed E-state index contributed by atoms with van der Waals surface area (Å²) in [6, 6.07) is 8.19. The molecule has 2 bridgehead atoms. The fourth-order valence-corrected chi connectivity index (χ4v) is 6.53. The van der Waals surface area contributed by atoms with Gasteiger partial charge in [-0.25, -0.2) is 4.79 Å². The van der Waals surface area contributed by atoms with Crippen LogP contribution in [0.5, 0.6) is 5.75 Å². The molecule has 156 valence electrons. The van der Waals surface area contributed by atoms with Gasteiger partial charge in [0.05, 0.1) is 12.7 Å². The molecular weight excluding hydrogens is 382 g/mol. The lowest BCUT2D eigenvalue weighted by Gasteiger charge is -2.36. The first kappa shape index (κ1) is 20.4. The summed E-state index contributed by atoms with van der Waals surface area (Å²) in [7, 11) is 1.69. The van der Waals surface area contributed by atoms with Crippen molar-refractivity contribution >= 4 is 17.7 Å². The van der Waals surface area contributed by atoms with Crippen molar-refractivity contribution in [2.24, 2.45) is 17.8 Å². The molecule has 1 aromatic carbocycles. The second-order valence-corrected chi connectivity index (χ2v) is 9.77. The van der Waals surface area contributed by atoms with E-state index < -0.39 is 5.97 Å². The maximum Gasteiger partial charge on any atom is 0.334 e. The lowest BCUT2D eigenvalue weighted by atomic mass is 9.88. The molecule has 1 aromatic rings. The van der Waals surface area contributed by atoms with E-state index in [2.05, 4.69) is 23.2 Å². The van der Waals surface area contributed by atoms with Crippen molar-refractivity contribution in [1.29, 1.82) is 0 Å². The van der Waals surface area contributed by atoms with Gasteiger partial charge in [-0.05, 0) is 85.5 Å². The summed E-state index contributed by atoms with van der Waals surface area (Å²) < 4.78 is 5.30. The zero-order valence-corrected chi connectivity index (χ0v) is 17.9. The van der Waals surface area contributed by atoms with Crippen molar-refractivity contribution in [3.05, 3.63) is 53.8 Å². The van der Waals surface area contributed by atoms with Gasteiger partial charge in [0.2, 0.25) is 0 Å². The number of carboxylic acid groups (broad SMARTS) is 1. The van der Waals surface area contributed by atoms with E-state index >= 15 is 0 Å². The topological polar surface area (TPSA) is 49.8 Å². The predicted octanol–water partition coefficient (Wildman–Crippen LogP) is 4.96. The fraction of sp³-hybridized carbons (Fsp3) is 0.542. The summed E-state index contributed by atoms with van der Waals surface area (Å²) in [5, 5.41) is 9.65. The minimum Gasteiger partial charge on any atom is -0.497 e. The summed E-state index contributed by atoms with van der Waals surface area (Å²) in [5.74, 6) is 3.53. The second-order valence-electron chi connectivity index (χ2n) is 8.58. The third kappa shape index (κ3) is 4.82. The van der Waals surface area contributed by atoms with Gasteiger partial charge in [0.15, 0.2) is 0 Å². The van der Waals surface area contributed by atoms with Gasteiger partial charge in [0.1, 0.15) is 11.1 Å². The van der Waals surface area contributed by atoms with Crippen molar-refractivity contribution in [2.45, 2.75) is 43.9 Å². The molecule has 4 nitrogen and oxygen atoms in total. The Balaban J connectivity index is 1.34. The van der Waals surface area contributed by atoms with Crippen molar-refractivity contribution in [3.8, 4) is 5.75 Å². The number of aliphatic carboxylic acids is 1. The average molecular weight is 414 g/mol. The molecule has 2 aliphatic carbocycles. The van der Waals surface area contributed by atoms with E-state index in [0.717, 1.165) is 48.6 Å². The monoisotopic (exact) mass is 413 g/mol. The Hall–Kier alpha value is -1.88. The van der Waals surface area contributed by atoms with E-state index in [0.29, 0.717) is 5.57 Å². The SMILES string of the molecule is COc1cccc(CCCSC2C(C(=O)O)=CC=CN2CC2CC3CCC2C3)c1. The Labute approximate surface area is 178 Å². The molecule has 1 heterocycles. The number of hydrogen-bond donors (Lipinski definition) is 1. The largest absolute Gasteiger partial charge is 0.497 e. The number of ether oxygens (including phenoxy) is 1. The maximum atomic E-state index is 11.8. The van der Waals surface area contributed by atoms with Crippen LogP contribution in [0, 0.1) is 17.8 Å². The van der Waals surface area contributed by atoms with Crippen LogP contribution < -0.4 is 4.74 Å². The molecule has 1 N–H and O–H groups in total. The van der Waals surface area contributed by atoms with E-state index in [-0.39, 0.29) is 5.37 Å². The highest BCUT2D eigenvalue weighted by Gasteiger charge is 2.41. The number of thioether (sulfide) groups is 1. The molecule has 5 heteroatoms. The molecule has 0 amide bonds. The van der Waals surface area contributed by atoms with Gasteiger partial charge in [0.25, 0.3) is 0 Å². The van der Waals surface area contributed by atoms with Gasteiger partial charge in [-0.15, -0.1) is 11.8 Å². The van der Waals surface area contributed by atoms with E-state index in [1.54, 1.807) is 24.9 Å². The zero-order chi connectivity index (χ0) is 20.2. The maximum absolute atomic E-state index is 11.8. The first-order valence-corrected chi connectivity index (χ1v) is 11.8. The molecule has 0 radical (unpaired) electrons. The molecule has 0 aromatic heterocycles. The molecule has 4 atom stereocenters. The minimum atomic E-state index is -0.794. The summed E-state index contributed by atoms with van der Waals surface area (Å²) in [6.07, 6.45) is 13.3. The third-order valence-corrected chi connectivity index (χ3v) is 8.08. The van der Waals surface area contributed by atoms with Crippen LogP contribution in [0.15, 0.2) is 48.2 Å². The van der Waals surface area contributed by atoms with Gasteiger partial charge in [-0.1, -0.05) is 18.6 Å². The highest BCUT2D eigenvalue weighted by molar-refractivity contribution is 8.00. The summed E-state index contributed by atoms with van der Waals surface area (Å²) in [5.41, 5.74) is 1.78. The number of aryl methyl sites for hydroxylation is 1. The number of hydrogen-bond acceptors (Lipinski definition) is 4. The Morgan fingerprint density at radius 3 is 2.93 bits per heavy atom. The summed E-state index contributed by atoms with van der Waals surface area (Å²) >= 11 is 1.77. The standard InChI is InChI=1S/C24H31NO3S/c1-28-21-7-2-5-17(15-21)6-4-12-29-23-22(24(26)27)8-3-11-25(23)16-20-14-18-9-10-19(20)13-18/h2-3,5,7-8,11,15,18-20,23H,4,6,9-10,12-14,16H2,1H3,(H,26,27). The lowest BCUT2D eigenvalue weighted by molar-refractivity contribution is -0.133. The van der Waals surface area contributed by atoms with Gasteiger partial charge in [0, 0.05) is 12.7 Å². The van der Waals surface area contributed by atoms with E-state index in [1.165, 1.54) is 31.2 Å². The first-order chi connectivity index (χ1) is 14.1. The molecule has 29 heavy (non-hydrogen) atoms. The number of rotatable bonds is 9. The van der Waals surface area contributed by atoms with Gasteiger partial charge < -0.3 is 14.7 Å². The van der Waals surface area contributed by atoms with Crippen molar-refractivity contribution in [3.63, 3.8) is 0 Å². The van der Waals surface area contributed by atoms with Crippen LogP contribution in [0.4, 0.5) is 0 Å². The smallest absolute Gasteiger partial charge is 0.334 e. The Morgan fingerprint density at radius 1 is 1.31 bits per heavy atom. The number of fused-ring (bicyclic) bond motifs is 2. The minimum absolute atomic E-state index is 0.0815. The van der Waals surface area contributed by atoms with Gasteiger partial charge in [-0.2, -0.15) is 0 Å². The van der Waals surface area contributed by atoms with Crippen molar-refractivity contribution in [1.82, 2.24) is 4.90 Å². The van der Waals surface area contributed by atoms with Gasteiger partial charge in [-0.3, -0.25) is 0 Å². The molecule has 1 aliphatic heterocycles. The second kappa shape index (κ2) is 9.29. The molecule has 4 rings (SSSR count). The summed E-state index contributed by atoms with van der Waals surface area (Å²) in [6.45, 7) is 0.996. The van der Waals surface area contributed by atoms with E-state index in [4.69, 9.17) is 4.74 Å². The first-order valence-electron chi connectivity index (χ1n) is 10.8. The van der Waals surface area contributed by atoms with Crippen LogP contribution in [-0.2, 0) is 11.2 Å². The number of benzene rings is 1. The number of methoxy groups -OCH3 is 1. The molecule has 3 aliphatic rings. The summed E-state index contributed by atoms with van der Waals surface area (Å²) in [4.78, 5) is 14.1. The van der Waals surface area contributed by atoms with Crippen LogP contribution in [0.1, 0.15) is 37.7 Å². The Kier molecular flexibility index (Phi) is 6.53. The Bertz CT molecular complexity index is 790. The number of carbonyl (C=O) groups is 1. The van der Waals surface area contributed by atoms with Crippen LogP contribution in [0.25, 0.3) is 0 Å². The number of nitrogens with zero attached hydrogens (tertiary/aromatic N) is 1. The highest BCUT2D eigenvalue weighted by Crippen LogP contribution is 2.49. The van der Waals surface area contributed by atoms with Crippen LogP contribution in [-0.4, -0.2) is 40.8 Å². The Morgan fingerprint density at radius 2 is 2.21 bits per heavy atom. The van der Waals surface area contributed by atoms with Crippen molar-refractivity contribution < 1.29 is 14.6 Å². The van der Waals surface area contributed by atoms with Gasteiger partial charge >= 0.3 is 5.97 Å². The van der Waals surface area contributed by atoms with Crippen LogP contribution in [0.2, 0.25) is 0 Å². The normalized spacial score (nSPS) is 27.9. The molecular formula is C24H31NO3S. The fourth-order valence-electron chi connectivity index (χ4n) is 5.29. The molecule has 4 unspecified atom stereocenters.